The quantitative estimate of drug-likeness (QED) is 0.477. The predicted octanol–water partition coefficient (Wildman–Crippen LogP) is 3.94. The largest absolute Gasteiger partial charge is 0.350 e. The van der Waals surface area contributed by atoms with Gasteiger partial charge in [0.25, 0.3) is 10.0 Å². The van der Waals surface area contributed by atoms with Crippen molar-refractivity contribution in [3.63, 3.8) is 0 Å². The normalized spacial score (nSPS) is 13.6. The molecule has 1 aliphatic rings. The molecule has 3 aromatic rings. The Morgan fingerprint density at radius 3 is 2.33 bits per heavy atom. The minimum Gasteiger partial charge on any atom is -0.350 e. The third-order valence-electron chi connectivity index (χ3n) is 6.31. The topological polar surface area (TPSA) is 86.8 Å². The molecule has 2 amide bonds. The Kier molecular flexibility index (Phi) is 7.74. The van der Waals surface area contributed by atoms with Gasteiger partial charge in [-0.15, -0.1) is 0 Å². The number of carbonyl (C=O) groups is 2. The lowest BCUT2D eigenvalue weighted by molar-refractivity contribution is -0.128. The Hall–Kier alpha value is -3.65. The van der Waals surface area contributed by atoms with Gasteiger partial charge < -0.3 is 10.2 Å². The van der Waals surface area contributed by atoms with E-state index in [0.29, 0.717) is 18.7 Å². The molecule has 0 unspecified atom stereocenters. The summed E-state index contributed by atoms with van der Waals surface area (Å²) < 4.78 is 28.2. The van der Waals surface area contributed by atoms with Gasteiger partial charge in [0.2, 0.25) is 11.8 Å². The Labute approximate surface area is 212 Å². The van der Waals surface area contributed by atoms with E-state index in [-0.39, 0.29) is 23.9 Å². The highest BCUT2D eigenvalue weighted by Crippen LogP contribution is 2.27. The fourth-order valence-corrected chi connectivity index (χ4v) is 5.75. The van der Waals surface area contributed by atoms with Crippen LogP contribution in [0.15, 0.2) is 77.7 Å². The number of benzene rings is 3. The van der Waals surface area contributed by atoms with Crippen molar-refractivity contribution in [2.24, 2.45) is 0 Å². The first-order chi connectivity index (χ1) is 17.2. The highest BCUT2D eigenvalue weighted by Gasteiger charge is 2.28. The molecule has 0 atom stereocenters. The van der Waals surface area contributed by atoms with Gasteiger partial charge in [-0.2, -0.15) is 0 Å². The number of hydrogen-bond acceptors (Lipinski definition) is 4. The van der Waals surface area contributed by atoms with E-state index in [1.165, 1.54) is 16.4 Å². The van der Waals surface area contributed by atoms with Gasteiger partial charge in [0, 0.05) is 26.1 Å². The summed E-state index contributed by atoms with van der Waals surface area (Å²) in [6, 6.07) is 21.4. The van der Waals surface area contributed by atoms with E-state index in [0.717, 1.165) is 35.2 Å². The first-order valence-corrected chi connectivity index (χ1v) is 13.5. The van der Waals surface area contributed by atoms with Crippen LogP contribution in [0.25, 0.3) is 0 Å². The molecular weight excluding hydrogens is 474 g/mol. The number of anilines is 1. The van der Waals surface area contributed by atoms with Crippen LogP contribution in [-0.2, 0) is 32.7 Å². The molecule has 0 radical (unpaired) electrons. The van der Waals surface area contributed by atoms with Crippen molar-refractivity contribution in [3.05, 3.63) is 95.1 Å². The molecule has 8 heteroatoms. The summed E-state index contributed by atoms with van der Waals surface area (Å²) in [4.78, 5) is 26.8. The molecular formula is C28H31N3O4S. The first-order valence-electron chi connectivity index (χ1n) is 12.0. The average molecular weight is 506 g/mol. The van der Waals surface area contributed by atoms with E-state index in [9.17, 15) is 18.0 Å². The maximum atomic E-state index is 13.5. The number of nitrogens with one attached hydrogen (secondary N) is 1. The second-order valence-corrected chi connectivity index (χ2v) is 11.0. The summed E-state index contributed by atoms with van der Waals surface area (Å²) in [5.41, 5.74) is 4.08. The van der Waals surface area contributed by atoms with Crippen molar-refractivity contribution in [2.45, 2.75) is 44.7 Å². The summed E-state index contributed by atoms with van der Waals surface area (Å²) in [6.07, 6.45) is 1.52. The second kappa shape index (κ2) is 11.0. The summed E-state index contributed by atoms with van der Waals surface area (Å²) in [5.74, 6) is -0.215. The first kappa shape index (κ1) is 25.4. The van der Waals surface area contributed by atoms with E-state index in [1.807, 2.05) is 55.1 Å². The number of sulfonamides is 1. The molecule has 1 saturated heterocycles. The molecule has 4 rings (SSSR count). The molecule has 1 aliphatic heterocycles. The zero-order valence-electron chi connectivity index (χ0n) is 20.6. The van der Waals surface area contributed by atoms with Crippen molar-refractivity contribution in [3.8, 4) is 0 Å². The van der Waals surface area contributed by atoms with Crippen LogP contribution in [0.5, 0.6) is 0 Å². The number of carbonyl (C=O) groups excluding carboxylic acids is 2. The Morgan fingerprint density at radius 2 is 1.67 bits per heavy atom. The maximum Gasteiger partial charge on any atom is 0.264 e. The van der Waals surface area contributed by atoms with Crippen LogP contribution in [0.1, 0.15) is 35.1 Å². The van der Waals surface area contributed by atoms with Crippen molar-refractivity contribution >= 4 is 27.5 Å². The van der Waals surface area contributed by atoms with Crippen molar-refractivity contribution in [2.75, 3.05) is 17.4 Å². The van der Waals surface area contributed by atoms with Gasteiger partial charge in [0.1, 0.15) is 6.54 Å². The van der Waals surface area contributed by atoms with Gasteiger partial charge in [0.15, 0.2) is 0 Å². The predicted molar refractivity (Wildman–Crippen MR) is 140 cm³/mol. The van der Waals surface area contributed by atoms with Gasteiger partial charge in [-0.1, -0.05) is 54.6 Å². The van der Waals surface area contributed by atoms with E-state index in [1.54, 1.807) is 24.3 Å². The number of nitrogens with zero attached hydrogens (tertiary/aromatic N) is 2. The Bertz CT molecular complexity index is 1340. The summed E-state index contributed by atoms with van der Waals surface area (Å²) >= 11 is 0. The van der Waals surface area contributed by atoms with Gasteiger partial charge >= 0.3 is 0 Å². The van der Waals surface area contributed by atoms with Gasteiger partial charge in [-0.05, 0) is 60.7 Å². The maximum absolute atomic E-state index is 13.5. The minimum atomic E-state index is -3.95. The van der Waals surface area contributed by atoms with Crippen LogP contribution in [0.4, 0.5) is 5.69 Å². The molecule has 0 aliphatic carbocycles. The lowest BCUT2D eigenvalue weighted by Crippen LogP contribution is -2.41. The van der Waals surface area contributed by atoms with Crippen LogP contribution in [-0.4, -0.2) is 38.2 Å². The summed E-state index contributed by atoms with van der Waals surface area (Å²) in [7, 11) is -3.95. The van der Waals surface area contributed by atoms with E-state index in [2.05, 4.69) is 5.32 Å². The van der Waals surface area contributed by atoms with Gasteiger partial charge in [-0.25, -0.2) is 8.42 Å². The molecule has 0 aromatic heterocycles. The van der Waals surface area contributed by atoms with Crippen LogP contribution < -0.4 is 9.62 Å². The third-order valence-corrected chi connectivity index (χ3v) is 8.08. The van der Waals surface area contributed by atoms with Crippen LogP contribution in [0.3, 0.4) is 0 Å². The zero-order valence-corrected chi connectivity index (χ0v) is 21.4. The standard InChI is InChI=1S/C28H31N3O4S/c1-21-10-11-22(2)26(17-21)31(36(34,35)25-7-4-3-5-8-25)20-27(32)29-18-23-12-14-24(15-13-23)19-30-16-6-9-28(30)33/h3-5,7-8,10-15,17H,6,9,16,18-20H2,1-2H3,(H,29,32). The molecule has 0 bridgehead atoms. The average Bonchev–Trinajstić information content (AvgIpc) is 3.28. The fourth-order valence-electron chi connectivity index (χ4n) is 4.25. The van der Waals surface area contributed by atoms with Crippen molar-refractivity contribution in [1.82, 2.24) is 10.2 Å². The van der Waals surface area contributed by atoms with Crippen molar-refractivity contribution in [1.29, 1.82) is 0 Å². The van der Waals surface area contributed by atoms with Crippen molar-refractivity contribution < 1.29 is 18.0 Å². The molecule has 188 valence electrons. The third kappa shape index (κ3) is 5.94. The van der Waals surface area contributed by atoms with E-state index < -0.39 is 15.9 Å². The van der Waals surface area contributed by atoms with E-state index >= 15 is 0 Å². The fraction of sp³-hybridized carbons (Fsp3) is 0.286. The molecule has 0 spiro atoms. The molecule has 0 saturated carbocycles. The molecule has 1 fully saturated rings. The number of hydrogen-bond donors (Lipinski definition) is 1. The monoisotopic (exact) mass is 505 g/mol. The van der Waals surface area contributed by atoms with Crippen LogP contribution in [0, 0.1) is 13.8 Å². The smallest absolute Gasteiger partial charge is 0.264 e. The number of likely N-dealkylation sites (tertiary alicyclic amines) is 1. The molecule has 1 heterocycles. The summed E-state index contributed by atoms with van der Waals surface area (Å²) in [6.45, 7) is 5.04. The Balaban J connectivity index is 1.46. The van der Waals surface area contributed by atoms with Gasteiger partial charge in [-0.3, -0.25) is 13.9 Å². The highest BCUT2D eigenvalue weighted by atomic mass is 32.2. The molecule has 7 nitrogen and oxygen atoms in total. The van der Waals surface area contributed by atoms with Gasteiger partial charge in [0.05, 0.1) is 10.6 Å². The lowest BCUT2D eigenvalue weighted by atomic mass is 10.1. The highest BCUT2D eigenvalue weighted by molar-refractivity contribution is 7.92. The second-order valence-electron chi connectivity index (χ2n) is 9.13. The Morgan fingerprint density at radius 1 is 0.972 bits per heavy atom. The number of amides is 2. The number of aryl methyl sites for hydroxylation is 2. The molecule has 3 aromatic carbocycles. The molecule has 36 heavy (non-hydrogen) atoms. The van der Waals surface area contributed by atoms with Crippen LogP contribution in [0.2, 0.25) is 0 Å². The summed E-state index contributed by atoms with van der Waals surface area (Å²) in [5, 5.41) is 2.85. The van der Waals surface area contributed by atoms with E-state index in [4.69, 9.17) is 0 Å². The van der Waals surface area contributed by atoms with Crippen LogP contribution >= 0.6 is 0 Å². The SMILES string of the molecule is Cc1ccc(C)c(N(CC(=O)NCc2ccc(CN3CCCC3=O)cc2)S(=O)(=O)c2ccccc2)c1. The molecule has 1 N–H and O–H groups in total. The zero-order chi connectivity index (χ0) is 25.7. The lowest BCUT2D eigenvalue weighted by Gasteiger charge is -2.26. The minimum absolute atomic E-state index is 0.130. The number of rotatable bonds is 9.